The molecule has 0 bridgehead atoms. The van der Waals surface area contributed by atoms with Gasteiger partial charge in [0.15, 0.2) is 5.96 Å². The topological polar surface area (TPSA) is 328 Å². The Hall–Kier alpha value is -4.52. The number of rotatable bonds is 22. The van der Waals surface area contributed by atoms with E-state index in [1.54, 1.807) is 27.7 Å². The zero-order valence-electron chi connectivity index (χ0n) is 26.6. The maximum Gasteiger partial charge on any atom is 0.326 e. The second-order valence-electron chi connectivity index (χ2n) is 11.3. The van der Waals surface area contributed by atoms with E-state index in [2.05, 4.69) is 31.9 Å². The summed E-state index contributed by atoms with van der Waals surface area (Å²) in [5, 5.41) is 49.8. The molecule has 0 aromatic carbocycles. The molecule has 0 saturated heterocycles. The summed E-state index contributed by atoms with van der Waals surface area (Å²) in [5.41, 5.74) is 10.4. The van der Waals surface area contributed by atoms with Crippen LogP contribution >= 0.6 is 0 Å². The molecule has 0 rings (SSSR count). The van der Waals surface area contributed by atoms with Crippen LogP contribution in [0.4, 0.5) is 0 Å². The van der Waals surface area contributed by atoms with Gasteiger partial charge in [0.25, 0.3) is 0 Å². The van der Waals surface area contributed by atoms with Crippen LogP contribution in [0.1, 0.15) is 59.8 Å². The van der Waals surface area contributed by atoms with Crippen molar-refractivity contribution in [3.05, 3.63) is 0 Å². The SMILES string of the molecule is CC(C)C[C@H](NC(=O)[C@H](CCC(=O)O)NC(=O)[C@H](CO)NC(=O)CN)C(=O)N[C@H](C(=O)N[C@@H](CCCNC(=N)N)C(=O)O)C(C)C. The van der Waals surface area contributed by atoms with E-state index in [4.69, 9.17) is 22.0 Å². The zero-order chi connectivity index (χ0) is 35.6. The van der Waals surface area contributed by atoms with E-state index < -0.39 is 104 Å². The molecule has 19 heteroatoms. The van der Waals surface area contributed by atoms with Crippen LogP contribution in [0, 0.1) is 17.2 Å². The molecule has 0 aliphatic heterocycles. The van der Waals surface area contributed by atoms with Crippen LogP contribution in [-0.4, -0.2) is 113 Å². The van der Waals surface area contributed by atoms with E-state index in [1.165, 1.54) is 0 Å². The van der Waals surface area contributed by atoms with Crippen LogP contribution in [0.3, 0.4) is 0 Å². The van der Waals surface area contributed by atoms with Crippen molar-refractivity contribution >= 4 is 47.4 Å². The van der Waals surface area contributed by atoms with Crippen molar-refractivity contribution in [1.82, 2.24) is 31.9 Å². The number of amides is 5. The van der Waals surface area contributed by atoms with Crippen molar-refractivity contribution in [2.45, 2.75) is 90.0 Å². The maximum atomic E-state index is 13.4. The van der Waals surface area contributed by atoms with E-state index >= 15 is 0 Å². The zero-order valence-corrected chi connectivity index (χ0v) is 26.6. The fourth-order valence-electron chi connectivity index (χ4n) is 4.07. The monoisotopic (exact) mass is 659 g/mol. The lowest BCUT2D eigenvalue weighted by atomic mass is 9.99. The summed E-state index contributed by atoms with van der Waals surface area (Å²) >= 11 is 0. The Balaban J connectivity index is 5.88. The molecule has 19 nitrogen and oxygen atoms in total. The summed E-state index contributed by atoms with van der Waals surface area (Å²) in [7, 11) is 0. The molecule has 262 valence electrons. The lowest BCUT2D eigenvalue weighted by molar-refractivity contribution is -0.143. The molecule has 0 unspecified atom stereocenters. The smallest absolute Gasteiger partial charge is 0.326 e. The first kappa shape index (κ1) is 41.5. The van der Waals surface area contributed by atoms with Gasteiger partial charge in [0, 0.05) is 13.0 Å². The lowest BCUT2D eigenvalue weighted by Gasteiger charge is -2.28. The molecule has 14 N–H and O–H groups in total. The van der Waals surface area contributed by atoms with Crippen LogP contribution < -0.4 is 43.4 Å². The van der Waals surface area contributed by atoms with Gasteiger partial charge in [-0.25, -0.2) is 4.79 Å². The highest BCUT2D eigenvalue weighted by Crippen LogP contribution is 2.10. The molecular formula is C27H49N9O10. The fraction of sp³-hybridized carbons (Fsp3) is 0.704. The Labute approximate surface area is 266 Å². The Kier molecular flexibility index (Phi) is 19.2. The Morgan fingerprint density at radius 3 is 1.76 bits per heavy atom. The van der Waals surface area contributed by atoms with Gasteiger partial charge in [-0.2, -0.15) is 0 Å². The highest BCUT2D eigenvalue weighted by Gasteiger charge is 2.33. The fourth-order valence-corrected chi connectivity index (χ4v) is 4.07. The number of carbonyl (C=O) groups is 7. The van der Waals surface area contributed by atoms with Crippen LogP contribution in [-0.2, 0) is 33.6 Å². The van der Waals surface area contributed by atoms with Crippen LogP contribution in [0.15, 0.2) is 0 Å². The van der Waals surface area contributed by atoms with E-state index in [0.717, 1.165) is 0 Å². The minimum Gasteiger partial charge on any atom is -0.481 e. The molecule has 5 amide bonds. The molecule has 0 radical (unpaired) electrons. The average Bonchev–Trinajstić information content (AvgIpc) is 2.96. The number of nitrogens with one attached hydrogen (secondary N) is 7. The van der Waals surface area contributed by atoms with Gasteiger partial charge in [-0.3, -0.25) is 34.2 Å². The summed E-state index contributed by atoms with van der Waals surface area (Å²) in [6.07, 6.45) is -0.625. The molecule has 0 aliphatic carbocycles. The molecule has 0 heterocycles. The maximum absolute atomic E-state index is 13.4. The van der Waals surface area contributed by atoms with Crippen molar-refractivity contribution in [2.24, 2.45) is 23.3 Å². The first-order valence-electron chi connectivity index (χ1n) is 14.8. The van der Waals surface area contributed by atoms with Crippen LogP contribution in [0.25, 0.3) is 0 Å². The molecule has 46 heavy (non-hydrogen) atoms. The van der Waals surface area contributed by atoms with Crippen LogP contribution in [0.5, 0.6) is 0 Å². The minimum atomic E-state index is -1.49. The normalized spacial score (nSPS) is 14.2. The van der Waals surface area contributed by atoms with Gasteiger partial charge in [-0.15, -0.1) is 0 Å². The van der Waals surface area contributed by atoms with Crippen LogP contribution in [0.2, 0.25) is 0 Å². The average molecular weight is 660 g/mol. The van der Waals surface area contributed by atoms with Gasteiger partial charge in [0.2, 0.25) is 29.5 Å². The molecule has 0 aliphatic rings. The van der Waals surface area contributed by atoms with E-state index in [0.29, 0.717) is 0 Å². The van der Waals surface area contributed by atoms with Crippen molar-refractivity contribution in [1.29, 1.82) is 5.41 Å². The van der Waals surface area contributed by atoms with Gasteiger partial charge in [-0.1, -0.05) is 27.7 Å². The predicted molar refractivity (Wildman–Crippen MR) is 164 cm³/mol. The summed E-state index contributed by atoms with van der Waals surface area (Å²) in [6.45, 7) is 5.62. The summed E-state index contributed by atoms with van der Waals surface area (Å²) < 4.78 is 0. The largest absolute Gasteiger partial charge is 0.481 e. The second-order valence-corrected chi connectivity index (χ2v) is 11.3. The number of carboxylic acids is 2. The molecule has 0 aromatic heterocycles. The van der Waals surface area contributed by atoms with Crippen molar-refractivity contribution < 1.29 is 48.9 Å². The molecule has 0 spiro atoms. The number of guanidine groups is 1. The second kappa shape index (κ2) is 21.3. The minimum absolute atomic E-state index is 0.00262. The third kappa shape index (κ3) is 16.5. The van der Waals surface area contributed by atoms with Gasteiger partial charge in [0.1, 0.15) is 30.2 Å². The predicted octanol–water partition coefficient (Wildman–Crippen LogP) is -3.72. The highest BCUT2D eigenvalue weighted by molar-refractivity contribution is 5.96. The van der Waals surface area contributed by atoms with Gasteiger partial charge in [-0.05, 0) is 37.5 Å². The third-order valence-electron chi connectivity index (χ3n) is 6.49. The Morgan fingerprint density at radius 1 is 0.739 bits per heavy atom. The number of nitrogens with two attached hydrogens (primary N) is 2. The van der Waals surface area contributed by atoms with E-state index in [9.17, 15) is 43.8 Å². The van der Waals surface area contributed by atoms with Gasteiger partial charge < -0.3 is 58.7 Å². The Bertz CT molecular complexity index is 1090. The standard InChI is InChI=1S/C27H49N9O10/c1-13(2)10-17(35-22(41)15(7-8-20(39)40)33-24(43)18(12-37)32-19(38)11-28)23(42)36-21(14(3)4)25(44)34-16(26(45)46)6-5-9-31-27(29)30/h13-18,21,37H,5-12,28H2,1-4H3,(H,32,38)(H,33,43)(H,34,44)(H,35,41)(H,36,42)(H,39,40)(H,45,46)(H4,29,30,31)/t15-,16-,17-,18-,21-/m0/s1. The molecule has 5 atom stereocenters. The third-order valence-corrected chi connectivity index (χ3v) is 6.49. The van der Waals surface area contributed by atoms with E-state index in [-0.39, 0.29) is 37.7 Å². The van der Waals surface area contributed by atoms with Gasteiger partial charge >= 0.3 is 11.9 Å². The quantitative estimate of drug-likeness (QED) is 0.0302. The van der Waals surface area contributed by atoms with Crippen molar-refractivity contribution in [3.8, 4) is 0 Å². The highest BCUT2D eigenvalue weighted by atomic mass is 16.4. The molecule has 0 aromatic rings. The number of aliphatic carboxylic acids is 2. The molecular weight excluding hydrogens is 610 g/mol. The number of hydrogen-bond acceptors (Lipinski definition) is 10. The summed E-state index contributed by atoms with van der Waals surface area (Å²) in [6, 6.07) is -6.76. The lowest BCUT2D eigenvalue weighted by Crippen LogP contribution is -2.60. The first-order chi connectivity index (χ1) is 21.4. The Morgan fingerprint density at radius 2 is 1.28 bits per heavy atom. The number of carbonyl (C=O) groups excluding carboxylic acids is 5. The number of aliphatic hydroxyl groups is 1. The van der Waals surface area contributed by atoms with Gasteiger partial charge in [0.05, 0.1) is 13.2 Å². The first-order valence-corrected chi connectivity index (χ1v) is 14.8. The number of carboxylic acid groups (broad SMARTS) is 2. The van der Waals surface area contributed by atoms with Crippen molar-refractivity contribution in [2.75, 3.05) is 19.7 Å². The van der Waals surface area contributed by atoms with Crippen molar-refractivity contribution in [3.63, 3.8) is 0 Å². The molecule has 0 fully saturated rings. The number of hydrogen-bond donors (Lipinski definition) is 12. The number of aliphatic hydroxyl groups excluding tert-OH is 1. The summed E-state index contributed by atoms with van der Waals surface area (Å²) in [5.74, 6) is -7.84. The summed E-state index contributed by atoms with van der Waals surface area (Å²) in [4.78, 5) is 87.1. The van der Waals surface area contributed by atoms with E-state index in [1.807, 2.05) is 0 Å². The molecule has 0 saturated carbocycles.